The van der Waals surface area contributed by atoms with Crippen LogP contribution in [0.2, 0.25) is 0 Å². The highest BCUT2D eigenvalue weighted by atomic mass is 15.1. The molecule has 0 radical (unpaired) electrons. The highest BCUT2D eigenvalue weighted by Crippen LogP contribution is 2.31. The van der Waals surface area contributed by atoms with Gasteiger partial charge in [0.2, 0.25) is 0 Å². The summed E-state index contributed by atoms with van der Waals surface area (Å²) in [5.74, 6) is 2.99. The van der Waals surface area contributed by atoms with Gasteiger partial charge in [-0.05, 0) is 89.1 Å². The summed E-state index contributed by atoms with van der Waals surface area (Å²) in [5, 5.41) is 6.98. The molecule has 3 fully saturated rings. The van der Waals surface area contributed by atoms with Crippen LogP contribution in [0.15, 0.2) is 0 Å². The highest BCUT2D eigenvalue weighted by Gasteiger charge is 2.28. The molecule has 2 N–H and O–H groups in total. The molecule has 0 aromatic heterocycles. The monoisotopic (exact) mass is 251 g/mol. The molecule has 0 bridgehead atoms. The van der Waals surface area contributed by atoms with Crippen molar-refractivity contribution in [1.29, 1.82) is 0 Å². The number of nitrogens with one attached hydrogen (secondary N) is 2. The lowest BCUT2D eigenvalue weighted by molar-refractivity contribution is 0.119. The average Bonchev–Trinajstić information content (AvgIpc) is 2.94. The first kappa shape index (κ1) is 12.9. The summed E-state index contributed by atoms with van der Waals surface area (Å²) in [7, 11) is 0. The Kier molecular flexibility index (Phi) is 4.55. The first-order valence-electron chi connectivity index (χ1n) is 8.05. The molecule has 104 valence electrons. The van der Waals surface area contributed by atoms with E-state index in [0.29, 0.717) is 0 Å². The largest absolute Gasteiger partial charge is 0.317 e. The van der Waals surface area contributed by atoms with Gasteiger partial charge in [0, 0.05) is 6.54 Å². The van der Waals surface area contributed by atoms with Gasteiger partial charge in [-0.1, -0.05) is 0 Å². The molecule has 18 heavy (non-hydrogen) atoms. The normalized spacial score (nSPS) is 33.0. The van der Waals surface area contributed by atoms with Crippen LogP contribution in [-0.4, -0.2) is 50.7 Å². The van der Waals surface area contributed by atoms with Gasteiger partial charge in [-0.3, -0.25) is 0 Å². The third-order valence-electron chi connectivity index (χ3n) is 5.36. The maximum absolute atomic E-state index is 3.49. The topological polar surface area (TPSA) is 27.3 Å². The van der Waals surface area contributed by atoms with Gasteiger partial charge in [0.05, 0.1) is 0 Å². The molecule has 0 amide bonds. The van der Waals surface area contributed by atoms with Gasteiger partial charge < -0.3 is 15.5 Å². The minimum atomic E-state index is 0.931. The summed E-state index contributed by atoms with van der Waals surface area (Å²) in [6, 6.07) is 0. The third-order valence-corrected chi connectivity index (χ3v) is 5.36. The van der Waals surface area contributed by atoms with Gasteiger partial charge in [-0.25, -0.2) is 0 Å². The van der Waals surface area contributed by atoms with Crippen molar-refractivity contribution in [2.24, 2.45) is 17.8 Å². The standard InChI is InChI=1S/C15H29N3/c1-6-17-11-13(1)12-18-9-4-15(5-10-18)14-2-7-16-8-3-14/h13-17H,1-12H2. The minimum absolute atomic E-state index is 0.931. The summed E-state index contributed by atoms with van der Waals surface area (Å²) in [6.45, 7) is 9.11. The number of hydrogen-bond donors (Lipinski definition) is 2. The number of piperidine rings is 2. The van der Waals surface area contributed by atoms with Crippen molar-refractivity contribution in [1.82, 2.24) is 15.5 Å². The van der Waals surface area contributed by atoms with Gasteiger partial charge in [0.15, 0.2) is 0 Å². The van der Waals surface area contributed by atoms with Crippen LogP contribution in [0.4, 0.5) is 0 Å². The van der Waals surface area contributed by atoms with Crippen molar-refractivity contribution >= 4 is 0 Å². The van der Waals surface area contributed by atoms with E-state index in [9.17, 15) is 0 Å². The van der Waals surface area contributed by atoms with Crippen LogP contribution in [0.3, 0.4) is 0 Å². The number of likely N-dealkylation sites (tertiary alicyclic amines) is 1. The van der Waals surface area contributed by atoms with E-state index in [1.54, 1.807) is 0 Å². The Balaban J connectivity index is 1.40. The van der Waals surface area contributed by atoms with E-state index in [4.69, 9.17) is 0 Å². The van der Waals surface area contributed by atoms with Gasteiger partial charge in [0.1, 0.15) is 0 Å². The Morgan fingerprint density at radius 2 is 1.44 bits per heavy atom. The lowest BCUT2D eigenvalue weighted by Gasteiger charge is -2.38. The molecule has 0 aromatic carbocycles. The molecule has 0 saturated carbocycles. The van der Waals surface area contributed by atoms with Crippen molar-refractivity contribution in [2.75, 3.05) is 45.8 Å². The quantitative estimate of drug-likeness (QED) is 0.792. The van der Waals surface area contributed by atoms with Crippen LogP contribution >= 0.6 is 0 Å². The highest BCUT2D eigenvalue weighted by molar-refractivity contribution is 4.83. The van der Waals surface area contributed by atoms with Crippen LogP contribution in [0.25, 0.3) is 0 Å². The Labute approximate surface area is 112 Å². The van der Waals surface area contributed by atoms with Crippen LogP contribution in [-0.2, 0) is 0 Å². The summed E-state index contributed by atoms with van der Waals surface area (Å²) < 4.78 is 0. The summed E-state index contributed by atoms with van der Waals surface area (Å²) in [4.78, 5) is 2.73. The Morgan fingerprint density at radius 3 is 2.11 bits per heavy atom. The Hall–Kier alpha value is -0.120. The molecule has 3 rings (SSSR count). The predicted molar refractivity (Wildman–Crippen MR) is 75.7 cm³/mol. The van der Waals surface area contributed by atoms with E-state index >= 15 is 0 Å². The molecule has 3 saturated heterocycles. The fraction of sp³-hybridized carbons (Fsp3) is 1.00. The molecule has 3 aliphatic heterocycles. The molecule has 3 aliphatic rings. The second kappa shape index (κ2) is 6.36. The van der Waals surface area contributed by atoms with E-state index in [1.807, 2.05) is 0 Å². The van der Waals surface area contributed by atoms with Crippen LogP contribution in [0, 0.1) is 17.8 Å². The third kappa shape index (κ3) is 3.25. The number of rotatable bonds is 3. The van der Waals surface area contributed by atoms with E-state index in [2.05, 4.69) is 15.5 Å². The van der Waals surface area contributed by atoms with Gasteiger partial charge in [0.25, 0.3) is 0 Å². The Morgan fingerprint density at radius 1 is 0.778 bits per heavy atom. The van der Waals surface area contributed by atoms with Gasteiger partial charge in [-0.2, -0.15) is 0 Å². The molecule has 1 atom stereocenters. The van der Waals surface area contributed by atoms with Crippen LogP contribution < -0.4 is 10.6 Å². The molecule has 3 nitrogen and oxygen atoms in total. The first-order chi connectivity index (χ1) is 8.92. The van der Waals surface area contributed by atoms with Crippen molar-refractivity contribution < 1.29 is 0 Å². The Bertz CT molecular complexity index is 236. The second-order valence-corrected chi connectivity index (χ2v) is 6.58. The predicted octanol–water partition coefficient (Wildman–Crippen LogP) is 1.31. The average molecular weight is 251 g/mol. The molecule has 0 aromatic rings. The van der Waals surface area contributed by atoms with Crippen molar-refractivity contribution in [3.63, 3.8) is 0 Å². The summed E-state index contributed by atoms with van der Waals surface area (Å²) in [5.41, 5.74) is 0. The summed E-state index contributed by atoms with van der Waals surface area (Å²) >= 11 is 0. The van der Waals surface area contributed by atoms with Crippen LogP contribution in [0.1, 0.15) is 32.1 Å². The van der Waals surface area contributed by atoms with Crippen LogP contribution in [0.5, 0.6) is 0 Å². The molecule has 3 heterocycles. The molecular weight excluding hydrogens is 222 g/mol. The first-order valence-corrected chi connectivity index (χ1v) is 8.05. The fourth-order valence-electron chi connectivity index (χ4n) is 4.16. The molecular formula is C15H29N3. The second-order valence-electron chi connectivity index (χ2n) is 6.58. The van der Waals surface area contributed by atoms with Crippen molar-refractivity contribution in [2.45, 2.75) is 32.1 Å². The van der Waals surface area contributed by atoms with E-state index in [1.165, 1.54) is 77.9 Å². The maximum atomic E-state index is 3.49. The zero-order valence-corrected chi connectivity index (χ0v) is 11.7. The van der Waals surface area contributed by atoms with E-state index in [-0.39, 0.29) is 0 Å². The molecule has 1 unspecified atom stereocenters. The number of nitrogens with zero attached hydrogens (tertiary/aromatic N) is 1. The fourth-order valence-corrected chi connectivity index (χ4v) is 4.16. The molecule has 0 spiro atoms. The molecule has 0 aliphatic carbocycles. The van der Waals surface area contributed by atoms with Gasteiger partial charge in [-0.15, -0.1) is 0 Å². The van der Waals surface area contributed by atoms with Gasteiger partial charge >= 0.3 is 0 Å². The van der Waals surface area contributed by atoms with Crippen molar-refractivity contribution in [3.05, 3.63) is 0 Å². The van der Waals surface area contributed by atoms with Crippen molar-refractivity contribution in [3.8, 4) is 0 Å². The molecule has 3 heteroatoms. The SMILES string of the molecule is C1CC(C2CCN(CC3CCNC3)CC2)CCN1. The zero-order chi connectivity index (χ0) is 12.2. The minimum Gasteiger partial charge on any atom is -0.317 e. The number of hydrogen-bond acceptors (Lipinski definition) is 3. The zero-order valence-electron chi connectivity index (χ0n) is 11.7. The smallest absolute Gasteiger partial charge is 0.00223 e. The van der Waals surface area contributed by atoms with E-state index < -0.39 is 0 Å². The van der Waals surface area contributed by atoms with E-state index in [0.717, 1.165) is 17.8 Å². The lowest BCUT2D eigenvalue weighted by Crippen LogP contribution is -2.41. The maximum Gasteiger partial charge on any atom is 0.00223 e. The summed E-state index contributed by atoms with van der Waals surface area (Å²) in [6.07, 6.45) is 7.18. The lowest BCUT2D eigenvalue weighted by atomic mass is 9.79.